The van der Waals surface area contributed by atoms with Crippen molar-refractivity contribution < 1.29 is 4.52 Å². The number of hydrogen-bond acceptors (Lipinski definition) is 5. The SMILES string of the molecule is CCc1c(-c2cc(C)nnc2C)noc1N. The Morgan fingerprint density at radius 1 is 1.31 bits per heavy atom. The van der Waals surface area contributed by atoms with Crippen LogP contribution in [0, 0.1) is 13.8 Å². The summed E-state index contributed by atoms with van der Waals surface area (Å²) in [5.74, 6) is 0.381. The fourth-order valence-corrected chi connectivity index (χ4v) is 1.66. The predicted octanol–water partition coefficient (Wildman–Crippen LogP) is 1.89. The minimum atomic E-state index is 0.381. The average molecular weight is 218 g/mol. The van der Waals surface area contributed by atoms with E-state index in [4.69, 9.17) is 10.3 Å². The second-order valence-electron chi connectivity index (χ2n) is 3.71. The summed E-state index contributed by atoms with van der Waals surface area (Å²) in [6, 6.07) is 1.94. The number of nitrogen functional groups attached to an aromatic ring is 1. The number of anilines is 1. The standard InChI is InChI=1S/C11H14N4O/c1-4-8-10(15-16-11(8)12)9-5-6(2)13-14-7(9)3/h5H,4,12H2,1-3H3. The van der Waals surface area contributed by atoms with Gasteiger partial charge in [0.1, 0.15) is 5.69 Å². The Morgan fingerprint density at radius 2 is 2.06 bits per heavy atom. The molecule has 0 spiro atoms. The first-order valence-corrected chi connectivity index (χ1v) is 5.18. The highest BCUT2D eigenvalue weighted by Crippen LogP contribution is 2.28. The average Bonchev–Trinajstić information content (AvgIpc) is 2.63. The first kappa shape index (κ1) is 10.6. The first-order chi connectivity index (χ1) is 7.63. The van der Waals surface area contributed by atoms with Crippen LogP contribution in [-0.4, -0.2) is 15.4 Å². The molecule has 84 valence electrons. The van der Waals surface area contributed by atoms with Crippen molar-refractivity contribution in [1.82, 2.24) is 15.4 Å². The maximum absolute atomic E-state index is 5.71. The van der Waals surface area contributed by atoms with Gasteiger partial charge in [-0.05, 0) is 26.3 Å². The zero-order chi connectivity index (χ0) is 11.7. The zero-order valence-electron chi connectivity index (χ0n) is 9.61. The third kappa shape index (κ3) is 1.64. The summed E-state index contributed by atoms with van der Waals surface area (Å²) in [4.78, 5) is 0. The topological polar surface area (TPSA) is 77.8 Å². The number of aryl methyl sites for hydroxylation is 2. The van der Waals surface area contributed by atoms with Gasteiger partial charge >= 0.3 is 0 Å². The van der Waals surface area contributed by atoms with Crippen LogP contribution in [0.2, 0.25) is 0 Å². The molecule has 5 nitrogen and oxygen atoms in total. The van der Waals surface area contributed by atoms with Crippen molar-refractivity contribution in [3.05, 3.63) is 23.0 Å². The predicted molar refractivity (Wildman–Crippen MR) is 60.8 cm³/mol. The van der Waals surface area contributed by atoms with Crippen LogP contribution >= 0.6 is 0 Å². The molecule has 0 amide bonds. The maximum Gasteiger partial charge on any atom is 0.225 e. The van der Waals surface area contributed by atoms with E-state index in [0.717, 1.165) is 34.6 Å². The van der Waals surface area contributed by atoms with E-state index in [1.54, 1.807) is 0 Å². The van der Waals surface area contributed by atoms with Crippen LogP contribution in [-0.2, 0) is 6.42 Å². The van der Waals surface area contributed by atoms with Crippen molar-refractivity contribution in [2.75, 3.05) is 5.73 Å². The van der Waals surface area contributed by atoms with E-state index in [0.29, 0.717) is 5.88 Å². The van der Waals surface area contributed by atoms with Gasteiger partial charge in [0.15, 0.2) is 0 Å². The molecule has 0 unspecified atom stereocenters. The molecular formula is C11H14N4O. The van der Waals surface area contributed by atoms with Gasteiger partial charge < -0.3 is 10.3 Å². The molecule has 0 aromatic carbocycles. The first-order valence-electron chi connectivity index (χ1n) is 5.18. The zero-order valence-corrected chi connectivity index (χ0v) is 9.61. The Hall–Kier alpha value is -1.91. The van der Waals surface area contributed by atoms with Crippen molar-refractivity contribution in [2.24, 2.45) is 0 Å². The van der Waals surface area contributed by atoms with Gasteiger partial charge in [-0.1, -0.05) is 12.1 Å². The van der Waals surface area contributed by atoms with Gasteiger partial charge in [0.25, 0.3) is 0 Å². The minimum absolute atomic E-state index is 0.381. The van der Waals surface area contributed by atoms with Crippen LogP contribution in [0.1, 0.15) is 23.9 Å². The molecule has 0 saturated heterocycles. The van der Waals surface area contributed by atoms with Crippen molar-refractivity contribution in [3.8, 4) is 11.3 Å². The fraction of sp³-hybridized carbons (Fsp3) is 0.364. The van der Waals surface area contributed by atoms with Crippen LogP contribution in [0.4, 0.5) is 5.88 Å². The van der Waals surface area contributed by atoms with Crippen LogP contribution in [0.25, 0.3) is 11.3 Å². The molecule has 16 heavy (non-hydrogen) atoms. The molecule has 0 aliphatic carbocycles. The highest BCUT2D eigenvalue weighted by atomic mass is 16.5. The highest BCUT2D eigenvalue weighted by Gasteiger charge is 2.16. The summed E-state index contributed by atoms with van der Waals surface area (Å²) in [5, 5.41) is 12.0. The third-order valence-corrected chi connectivity index (χ3v) is 2.53. The normalized spacial score (nSPS) is 10.7. The van der Waals surface area contributed by atoms with E-state index < -0.39 is 0 Å². The van der Waals surface area contributed by atoms with Gasteiger partial charge in [-0.2, -0.15) is 10.2 Å². The lowest BCUT2D eigenvalue weighted by molar-refractivity contribution is 0.438. The summed E-state index contributed by atoms with van der Waals surface area (Å²) in [6.07, 6.45) is 0.783. The van der Waals surface area contributed by atoms with Crippen LogP contribution in [0.3, 0.4) is 0 Å². The Labute approximate surface area is 93.7 Å². The number of hydrogen-bond donors (Lipinski definition) is 1. The van der Waals surface area contributed by atoms with Crippen molar-refractivity contribution in [3.63, 3.8) is 0 Å². The van der Waals surface area contributed by atoms with E-state index in [2.05, 4.69) is 15.4 Å². The van der Waals surface area contributed by atoms with Crippen LogP contribution in [0.15, 0.2) is 10.6 Å². The van der Waals surface area contributed by atoms with Gasteiger partial charge in [0.2, 0.25) is 5.88 Å². The number of nitrogens with zero attached hydrogens (tertiary/aromatic N) is 3. The van der Waals surface area contributed by atoms with Crippen molar-refractivity contribution in [2.45, 2.75) is 27.2 Å². The molecule has 0 saturated carbocycles. The lowest BCUT2D eigenvalue weighted by Crippen LogP contribution is -1.96. The quantitative estimate of drug-likeness (QED) is 0.832. The molecule has 0 aliphatic rings. The summed E-state index contributed by atoms with van der Waals surface area (Å²) in [6.45, 7) is 5.81. The lowest BCUT2D eigenvalue weighted by Gasteiger charge is -2.03. The molecule has 0 fully saturated rings. The summed E-state index contributed by atoms with van der Waals surface area (Å²) >= 11 is 0. The molecule has 2 aromatic heterocycles. The molecule has 0 aliphatic heterocycles. The smallest absolute Gasteiger partial charge is 0.225 e. The Balaban J connectivity index is 2.62. The van der Waals surface area contributed by atoms with E-state index in [-0.39, 0.29) is 0 Å². The molecular weight excluding hydrogens is 204 g/mol. The maximum atomic E-state index is 5.71. The van der Waals surface area contributed by atoms with Gasteiger partial charge in [-0.15, -0.1) is 0 Å². The minimum Gasteiger partial charge on any atom is -0.367 e. The molecule has 5 heteroatoms. The summed E-state index contributed by atoms with van der Waals surface area (Å²) in [5.41, 5.74) is 10.0. The van der Waals surface area contributed by atoms with Crippen LogP contribution < -0.4 is 5.73 Å². The molecule has 0 radical (unpaired) electrons. The number of nitrogens with two attached hydrogens (primary N) is 1. The molecule has 2 rings (SSSR count). The second-order valence-corrected chi connectivity index (χ2v) is 3.71. The van der Waals surface area contributed by atoms with Gasteiger partial charge in [-0.25, -0.2) is 0 Å². The summed E-state index contributed by atoms with van der Waals surface area (Å²) in [7, 11) is 0. The molecule has 0 bridgehead atoms. The molecule has 2 aromatic rings. The monoisotopic (exact) mass is 218 g/mol. The van der Waals surface area contributed by atoms with Gasteiger partial charge in [-0.3, -0.25) is 0 Å². The fourth-order valence-electron chi connectivity index (χ4n) is 1.66. The largest absolute Gasteiger partial charge is 0.367 e. The van der Waals surface area contributed by atoms with Gasteiger partial charge in [0.05, 0.1) is 11.4 Å². The summed E-state index contributed by atoms with van der Waals surface area (Å²) < 4.78 is 5.02. The number of rotatable bonds is 2. The lowest BCUT2D eigenvalue weighted by atomic mass is 10.0. The van der Waals surface area contributed by atoms with Crippen molar-refractivity contribution in [1.29, 1.82) is 0 Å². The van der Waals surface area contributed by atoms with Gasteiger partial charge in [0, 0.05) is 11.1 Å². The third-order valence-electron chi connectivity index (χ3n) is 2.53. The second kappa shape index (κ2) is 3.92. The van der Waals surface area contributed by atoms with E-state index in [1.165, 1.54) is 0 Å². The molecule has 2 N–H and O–H groups in total. The Kier molecular flexibility index (Phi) is 2.60. The Bertz CT molecular complexity index is 519. The van der Waals surface area contributed by atoms with Crippen molar-refractivity contribution >= 4 is 5.88 Å². The Morgan fingerprint density at radius 3 is 2.75 bits per heavy atom. The van der Waals surface area contributed by atoms with E-state index >= 15 is 0 Å². The van der Waals surface area contributed by atoms with Crippen LogP contribution in [0.5, 0.6) is 0 Å². The molecule has 0 atom stereocenters. The highest BCUT2D eigenvalue weighted by molar-refractivity contribution is 5.68. The molecule has 2 heterocycles. The number of aromatic nitrogens is 3. The van der Waals surface area contributed by atoms with E-state index in [9.17, 15) is 0 Å². The van der Waals surface area contributed by atoms with E-state index in [1.807, 2.05) is 26.8 Å².